The Morgan fingerprint density at radius 3 is 2.48 bits per heavy atom. The molecule has 0 aliphatic heterocycles. The van der Waals surface area contributed by atoms with Gasteiger partial charge in [0.05, 0.1) is 5.75 Å². The van der Waals surface area contributed by atoms with Gasteiger partial charge in [-0.05, 0) is 18.6 Å². The molecule has 4 N–H and O–H groups in total. The first-order valence-electron chi connectivity index (χ1n) is 5.56. The number of alkyl halides is 3. The van der Waals surface area contributed by atoms with E-state index in [-0.39, 0.29) is 18.7 Å². The van der Waals surface area contributed by atoms with Gasteiger partial charge in [-0.25, -0.2) is 23.3 Å². The second kappa shape index (κ2) is 6.26. The van der Waals surface area contributed by atoms with Gasteiger partial charge < -0.3 is 10.4 Å². The molecular formula is C10H12F3N3O4S. The Morgan fingerprint density at radius 1 is 1.38 bits per heavy atom. The van der Waals surface area contributed by atoms with Crippen molar-refractivity contribution in [3.63, 3.8) is 0 Å². The van der Waals surface area contributed by atoms with Crippen LogP contribution < -0.4 is 10.5 Å². The Kier molecular flexibility index (Phi) is 5.12. The Labute approximate surface area is 118 Å². The van der Waals surface area contributed by atoms with Crippen molar-refractivity contribution in [2.24, 2.45) is 5.14 Å². The maximum atomic E-state index is 12.5. The molecule has 0 aliphatic rings. The average Bonchev–Trinajstić information content (AvgIpc) is 2.32. The number of nitrogens with two attached hydrogens (primary N) is 1. The first-order valence-corrected chi connectivity index (χ1v) is 7.28. The van der Waals surface area contributed by atoms with Crippen molar-refractivity contribution in [2.75, 3.05) is 17.6 Å². The molecule has 0 bridgehead atoms. The number of hydrogen-bond donors (Lipinski definition) is 3. The zero-order valence-electron chi connectivity index (χ0n) is 10.5. The highest BCUT2D eigenvalue weighted by Gasteiger charge is 2.33. The molecule has 0 radical (unpaired) electrons. The van der Waals surface area contributed by atoms with Crippen LogP contribution >= 0.6 is 0 Å². The van der Waals surface area contributed by atoms with E-state index in [2.05, 4.69) is 10.3 Å². The molecule has 0 saturated carbocycles. The Bertz CT molecular complexity index is 631. The zero-order valence-corrected chi connectivity index (χ0v) is 11.3. The minimum absolute atomic E-state index is 0.00415. The average molecular weight is 327 g/mol. The Hall–Kier alpha value is -1.88. The maximum Gasteiger partial charge on any atom is 0.433 e. The van der Waals surface area contributed by atoms with Crippen LogP contribution in [0.4, 0.5) is 19.0 Å². The number of carboxylic acids is 1. The number of rotatable bonds is 6. The second-order valence-electron chi connectivity index (χ2n) is 4.04. The standard InChI is InChI=1S/C10H12F3N3O4S/c11-10(12,13)7-3-2-6(9(17)18)8(16-7)15-4-1-5-21(14,19)20/h2-3H,1,4-5H2,(H,15,16)(H,17,18)(H2,14,19,20). The molecule has 0 aliphatic carbocycles. The molecule has 0 aromatic carbocycles. The fourth-order valence-electron chi connectivity index (χ4n) is 1.40. The van der Waals surface area contributed by atoms with E-state index < -0.39 is 39.2 Å². The molecule has 11 heteroatoms. The van der Waals surface area contributed by atoms with Gasteiger partial charge in [0.15, 0.2) is 0 Å². The van der Waals surface area contributed by atoms with Crippen molar-refractivity contribution in [1.29, 1.82) is 0 Å². The van der Waals surface area contributed by atoms with Crippen molar-refractivity contribution in [3.8, 4) is 0 Å². The number of pyridine rings is 1. The van der Waals surface area contributed by atoms with Crippen LogP contribution in [0, 0.1) is 0 Å². The zero-order chi connectivity index (χ0) is 16.3. The van der Waals surface area contributed by atoms with Gasteiger partial charge in [0.1, 0.15) is 17.1 Å². The summed E-state index contributed by atoms with van der Waals surface area (Å²) in [5, 5.41) is 16.0. The summed E-state index contributed by atoms with van der Waals surface area (Å²) in [5.74, 6) is -2.32. The van der Waals surface area contributed by atoms with Crippen LogP contribution in [0.3, 0.4) is 0 Å². The molecule has 118 valence electrons. The smallest absolute Gasteiger partial charge is 0.433 e. The Morgan fingerprint density at radius 2 is 2.00 bits per heavy atom. The Balaban J connectivity index is 2.89. The van der Waals surface area contributed by atoms with Gasteiger partial charge in [0.2, 0.25) is 10.0 Å². The molecule has 7 nitrogen and oxygen atoms in total. The van der Waals surface area contributed by atoms with Crippen LogP contribution in [0.5, 0.6) is 0 Å². The molecule has 1 rings (SSSR count). The SMILES string of the molecule is NS(=O)(=O)CCCNc1nc(C(F)(F)F)ccc1C(=O)O. The molecule has 1 aromatic heterocycles. The van der Waals surface area contributed by atoms with Gasteiger partial charge in [-0.3, -0.25) is 0 Å². The summed E-state index contributed by atoms with van der Waals surface area (Å²) in [5.41, 5.74) is -1.69. The number of halogens is 3. The largest absolute Gasteiger partial charge is 0.478 e. The van der Waals surface area contributed by atoms with Crippen molar-refractivity contribution in [1.82, 2.24) is 4.98 Å². The number of primary sulfonamides is 1. The van der Waals surface area contributed by atoms with Gasteiger partial charge in [-0.2, -0.15) is 13.2 Å². The van der Waals surface area contributed by atoms with E-state index in [1.54, 1.807) is 0 Å². The van der Waals surface area contributed by atoms with Gasteiger partial charge in [-0.1, -0.05) is 0 Å². The summed E-state index contributed by atoms with van der Waals surface area (Å²) in [7, 11) is -3.69. The third-order valence-electron chi connectivity index (χ3n) is 2.31. The summed E-state index contributed by atoms with van der Waals surface area (Å²) < 4.78 is 58.9. The molecule has 1 heterocycles. The summed E-state index contributed by atoms with van der Waals surface area (Å²) in [6, 6.07) is 1.33. The van der Waals surface area contributed by atoms with E-state index in [4.69, 9.17) is 10.2 Å². The van der Waals surface area contributed by atoms with Crippen LogP contribution in [-0.2, 0) is 16.2 Å². The van der Waals surface area contributed by atoms with E-state index in [0.29, 0.717) is 6.07 Å². The maximum absolute atomic E-state index is 12.5. The van der Waals surface area contributed by atoms with E-state index >= 15 is 0 Å². The predicted octanol–water partition coefficient (Wildman–Crippen LogP) is 0.889. The van der Waals surface area contributed by atoms with Crippen LogP contribution in [0.15, 0.2) is 12.1 Å². The molecule has 21 heavy (non-hydrogen) atoms. The highest BCUT2D eigenvalue weighted by molar-refractivity contribution is 7.89. The lowest BCUT2D eigenvalue weighted by Crippen LogP contribution is -2.20. The molecule has 1 aromatic rings. The summed E-state index contributed by atoms with van der Waals surface area (Å²) >= 11 is 0. The number of carboxylic acid groups (broad SMARTS) is 1. The highest BCUT2D eigenvalue weighted by atomic mass is 32.2. The van der Waals surface area contributed by atoms with E-state index in [1.807, 2.05) is 0 Å². The lowest BCUT2D eigenvalue weighted by molar-refractivity contribution is -0.141. The van der Waals surface area contributed by atoms with E-state index in [1.165, 1.54) is 0 Å². The number of sulfonamides is 1. The quantitative estimate of drug-likeness (QED) is 0.667. The lowest BCUT2D eigenvalue weighted by Gasteiger charge is -2.12. The molecule has 0 saturated heterocycles. The molecule has 0 spiro atoms. The third kappa shape index (κ3) is 5.55. The molecule has 0 amide bonds. The van der Waals surface area contributed by atoms with Crippen molar-refractivity contribution >= 4 is 21.8 Å². The summed E-state index contributed by atoms with van der Waals surface area (Å²) in [4.78, 5) is 14.1. The number of carbonyl (C=O) groups is 1. The fraction of sp³-hybridized carbons (Fsp3) is 0.400. The van der Waals surface area contributed by atoms with Crippen LogP contribution in [0.25, 0.3) is 0 Å². The van der Waals surface area contributed by atoms with E-state index in [0.717, 1.165) is 6.07 Å². The second-order valence-corrected chi connectivity index (χ2v) is 5.78. The van der Waals surface area contributed by atoms with Gasteiger partial charge in [-0.15, -0.1) is 0 Å². The summed E-state index contributed by atoms with van der Waals surface area (Å²) in [6.07, 6.45) is -4.72. The number of aromatic nitrogens is 1. The van der Waals surface area contributed by atoms with Crippen molar-refractivity contribution in [3.05, 3.63) is 23.4 Å². The molecular weight excluding hydrogens is 315 g/mol. The first-order chi connectivity index (χ1) is 9.50. The van der Waals surface area contributed by atoms with Crippen LogP contribution in [0.1, 0.15) is 22.5 Å². The third-order valence-corrected chi connectivity index (χ3v) is 3.17. The number of nitrogens with zero attached hydrogens (tertiary/aromatic N) is 1. The molecule has 0 fully saturated rings. The summed E-state index contributed by atoms with van der Waals surface area (Å²) in [6.45, 7) is -0.0922. The monoisotopic (exact) mass is 327 g/mol. The van der Waals surface area contributed by atoms with Gasteiger partial charge in [0.25, 0.3) is 0 Å². The van der Waals surface area contributed by atoms with E-state index in [9.17, 15) is 26.4 Å². The number of anilines is 1. The highest BCUT2D eigenvalue weighted by Crippen LogP contribution is 2.29. The van der Waals surface area contributed by atoms with Gasteiger partial charge in [0, 0.05) is 6.54 Å². The predicted molar refractivity (Wildman–Crippen MR) is 67.3 cm³/mol. The normalized spacial score (nSPS) is 12.2. The minimum atomic E-state index is -4.71. The lowest BCUT2D eigenvalue weighted by atomic mass is 10.2. The van der Waals surface area contributed by atoms with Crippen LogP contribution in [0.2, 0.25) is 0 Å². The number of hydrogen-bond acceptors (Lipinski definition) is 5. The minimum Gasteiger partial charge on any atom is -0.478 e. The molecule has 0 atom stereocenters. The topological polar surface area (TPSA) is 122 Å². The first kappa shape index (κ1) is 17.2. The fourth-order valence-corrected chi connectivity index (χ4v) is 1.95. The molecule has 0 unspecified atom stereocenters. The van der Waals surface area contributed by atoms with Crippen molar-refractivity contribution in [2.45, 2.75) is 12.6 Å². The van der Waals surface area contributed by atoms with Crippen LogP contribution in [-0.4, -0.2) is 36.8 Å². The van der Waals surface area contributed by atoms with Crippen molar-refractivity contribution < 1.29 is 31.5 Å². The number of nitrogens with one attached hydrogen (secondary N) is 1. The number of aromatic carboxylic acids is 1. The van der Waals surface area contributed by atoms with Gasteiger partial charge >= 0.3 is 12.1 Å².